The molecule has 1 aromatic heterocycles. The number of hydrogen-bond acceptors (Lipinski definition) is 4. The van der Waals surface area contributed by atoms with E-state index >= 15 is 0 Å². The summed E-state index contributed by atoms with van der Waals surface area (Å²) in [5.41, 5.74) is 0.969. The van der Waals surface area contributed by atoms with Crippen LogP contribution in [0.5, 0.6) is 0 Å². The normalized spacial score (nSPS) is 17.5. The summed E-state index contributed by atoms with van der Waals surface area (Å²) in [7, 11) is 0. The molecule has 0 atom stereocenters. The fourth-order valence-electron chi connectivity index (χ4n) is 2.19. The van der Waals surface area contributed by atoms with E-state index in [9.17, 15) is 4.79 Å². The first-order valence-electron chi connectivity index (χ1n) is 6.37. The molecule has 0 N–H and O–H groups in total. The number of carbonyl (C=O) groups is 1. The number of nitrogens with zero attached hydrogens (tertiary/aromatic N) is 2. The molecule has 0 aromatic carbocycles. The Morgan fingerprint density at radius 2 is 2.12 bits per heavy atom. The lowest BCUT2D eigenvalue weighted by molar-refractivity contribution is 0.102. The van der Waals surface area contributed by atoms with E-state index in [0.717, 1.165) is 41.1 Å². The van der Waals surface area contributed by atoms with Gasteiger partial charge in [-0.1, -0.05) is 25.2 Å². The maximum atomic E-state index is 11.5. The summed E-state index contributed by atoms with van der Waals surface area (Å²) in [6.45, 7) is 8.15. The summed E-state index contributed by atoms with van der Waals surface area (Å²) in [5, 5.41) is 1.04. The van der Waals surface area contributed by atoms with Crippen molar-refractivity contribution in [2.75, 3.05) is 18.0 Å². The lowest BCUT2D eigenvalue weighted by atomic mass is 10.00. The molecule has 0 amide bonds. The van der Waals surface area contributed by atoms with Gasteiger partial charge < -0.3 is 4.90 Å². The summed E-state index contributed by atoms with van der Waals surface area (Å²) in [5.74, 6) is 0.972. The largest absolute Gasteiger partial charge is 0.348 e. The van der Waals surface area contributed by atoms with Crippen LogP contribution in [-0.4, -0.2) is 23.9 Å². The molecule has 0 radical (unpaired) electrons. The Labute approximate surface area is 107 Å². The number of carbonyl (C=O) groups excluding carboxylic acids is 1. The molecule has 1 aliphatic heterocycles. The lowest BCUT2D eigenvalue weighted by Crippen LogP contribution is -2.32. The van der Waals surface area contributed by atoms with Crippen LogP contribution >= 0.6 is 11.3 Å². The summed E-state index contributed by atoms with van der Waals surface area (Å²) in [4.78, 5) is 19.3. The minimum Gasteiger partial charge on any atom is -0.348 e. The molecule has 17 heavy (non-hydrogen) atoms. The second kappa shape index (κ2) is 5.17. The number of aryl methyl sites for hydroxylation is 1. The zero-order valence-electron chi connectivity index (χ0n) is 10.8. The van der Waals surface area contributed by atoms with Gasteiger partial charge in [0.1, 0.15) is 0 Å². The van der Waals surface area contributed by atoms with E-state index in [1.807, 2.05) is 0 Å². The third kappa shape index (κ3) is 2.68. The highest BCUT2D eigenvalue weighted by atomic mass is 32.1. The van der Waals surface area contributed by atoms with Crippen molar-refractivity contribution in [3.8, 4) is 0 Å². The highest BCUT2D eigenvalue weighted by Crippen LogP contribution is 2.30. The van der Waals surface area contributed by atoms with Crippen molar-refractivity contribution in [1.29, 1.82) is 0 Å². The topological polar surface area (TPSA) is 33.2 Å². The molecule has 0 spiro atoms. The van der Waals surface area contributed by atoms with E-state index in [1.165, 1.54) is 12.8 Å². The molecule has 1 aromatic rings. The molecular weight excluding hydrogens is 232 g/mol. The van der Waals surface area contributed by atoms with Crippen LogP contribution in [0.25, 0.3) is 0 Å². The predicted octanol–water partition coefficient (Wildman–Crippen LogP) is 3.14. The molecule has 1 aliphatic rings. The number of anilines is 1. The average Bonchev–Trinajstić information content (AvgIpc) is 2.74. The monoisotopic (exact) mass is 252 g/mol. The zero-order valence-corrected chi connectivity index (χ0v) is 11.6. The molecule has 2 heterocycles. The second-order valence-electron chi connectivity index (χ2n) is 4.85. The van der Waals surface area contributed by atoms with Crippen molar-refractivity contribution < 1.29 is 4.79 Å². The second-order valence-corrected chi connectivity index (χ2v) is 5.83. The van der Waals surface area contributed by atoms with Gasteiger partial charge in [-0.05, 0) is 25.2 Å². The summed E-state index contributed by atoms with van der Waals surface area (Å²) >= 11 is 1.57. The Bertz CT molecular complexity index is 406. The fraction of sp³-hybridized carbons (Fsp3) is 0.692. The summed E-state index contributed by atoms with van der Waals surface area (Å²) in [6, 6.07) is 0. The minimum absolute atomic E-state index is 0.149. The van der Waals surface area contributed by atoms with Crippen LogP contribution in [0.15, 0.2) is 0 Å². The average molecular weight is 252 g/mol. The maximum absolute atomic E-state index is 11.5. The molecule has 4 heteroatoms. The molecule has 3 nitrogen and oxygen atoms in total. The summed E-state index contributed by atoms with van der Waals surface area (Å²) in [6.07, 6.45) is 3.31. The van der Waals surface area contributed by atoms with Crippen LogP contribution in [-0.2, 0) is 6.42 Å². The van der Waals surface area contributed by atoms with Gasteiger partial charge in [-0.15, -0.1) is 0 Å². The van der Waals surface area contributed by atoms with Gasteiger partial charge in [-0.25, -0.2) is 4.98 Å². The first kappa shape index (κ1) is 12.6. The van der Waals surface area contributed by atoms with Gasteiger partial charge in [0.25, 0.3) is 0 Å². The first-order valence-corrected chi connectivity index (χ1v) is 7.19. The maximum Gasteiger partial charge on any atom is 0.186 e. The molecule has 94 valence electrons. The molecule has 0 aliphatic carbocycles. The SMILES string of the molecule is CCc1nc(N2CCC(C)CC2)sc1C(C)=O. The van der Waals surface area contributed by atoms with Gasteiger partial charge in [-0.3, -0.25) is 4.79 Å². The fourth-order valence-corrected chi connectivity index (χ4v) is 3.29. The van der Waals surface area contributed by atoms with Crippen molar-refractivity contribution in [2.24, 2.45) is 5.92 Å². The molecule has 1 fully saturated rings. The van der Waals surface area contributed by atoms with E-state index in [-0.39, 0.29) is 5.78 Å². The van der Waals surface area contributed by atoms with Crippen molar-refractivity contribution in [2.45, 2.75) is 40.0 Å². The van der Waals surface area contributed by atoms with Crippen LogP contribution in [0, 0.1) is 5.92 Å². The van der Waals surface area contributed by atoms with Crippen molar-refractivity contribution in [3.05, 3.63) is 10.6 Å². The van der Waals surface area contributed by atoms with Crippen molar-refractivity contribution in [1.82, 2.24) is 4.98 Å². The number of ketones is 1. The minimum atomic E-state index is 0.149. The van der Waals surface area contributed by atoms with Crippen LogP contribution in [0.4, 0.5) is 5.13 Å². The van der Waals surface area contributed by atoms with Crippen LogP contribution in [0.2, 0.25) is 0 Å². The Morgan fingerprint density at radius 1 is 1.47 bits per heavy atom. The highest BCUT2D eigenvalue weighted by molar-refractivity contribution is 7.17. The molecule has 1 saturated heterocycles. The van der Waals surface area contributed by atoms with E-state index in [2.05, 4.69) is 23.7 Å². The lowest BCUT2D eigenvalue weighted by Gasteiger charge is -2.29. The third-order valence-electron chi connectivity index (χ3n) is 3.39. The number of thiazole rings is 1. The van der Waals surface area contributed by atoms with Crippen molar-refractivity contribution in [3.63, 3.8) is 0 Å². The number of piperidine rings is 1. The van der Waals surface area contributed by atoms with E-state index < -0.39 is 0 Å². The van der Waals surface area contributed by atoms with Gasteiger partial charge >= 0.3 is 0 Å². The van der Waals surface area contributed by atoms with Gasteiger partial charge in [-0.2, -0.15) is 0 Å². The Balaban J connectivity index is 2.19. The standard InChI is InChI=1S/C13H20N2OS/c1-4-11-12(10(3)16)17-13(14-11)15-7-5-9(2)6-8-15/h9H,4-8H2,1-3H3. The van der Waals surface area contributed by atoms with Gasteiger partial charge in [0.15, 0.2) is 10.9 Å². The van der Waals surface area contributed by atoms with Crippen LogP contribution in [0.1, 0.15) is 49.0 Å². The van der Waals surface area contributed by atoms with Crippen LogP contribution in [0.3, 0.4) is 0 Å². The molecule has 0 saturated carbocycles. The Morgan fingerprint density at radius 3 is 2.59 bits per heavy atom. The zero-order chi connectivity index (χ0) is 12.4. The van der Waals surface area contributed by atoms with Gasteiger partial charge in [0.05, 0.1) is 10.6 Å². The summed E-state index contributed by atoms with van der Waals surface area (Å²) < 4.78 is 0. The van der Waals surface area contributed by atoms with Gasteiger partial charge in [0.2, 0.25) is 0 Å². The Kier molecular flexibility index (Phi) is 3.82. The predicted molar refractivity (Wildman–Crippen MR) is 72.1 cm³/mol. The molecular formula is C13H20N2OS. The quantitative estimate of drug-likeness (QED) is 0.775. The number of rotatable bonds is 3. The molecule has 0 bridgehead atoms. The van der Waals surface area contributed by atoms with E-state index in [0.29, 0.717) is 0 Å². The van der Waals surface area contributed by atoms with Crippen LogP contribution < -0.4 is 4.90 Å². The molecule has 2 rings (SSSR count). The molecule has 0 unspecified atom stereocenters. The highest BCUT2D eigenvalue weighted by Gasteiger charge is 2.21. The van der Waals surface area contributed by atoms with E-state index in [4.69, 9.17) is 0 Å². The van der Waals surface area contributed by atoms with Crippen molar-refractivity contribution >= 4 is 22.3 Å². The number of aromatic nitrogens is 1. The third-order valence-corrected chi connectivity index (χ3v) is 4.65. The first-order chi connectivity index (χ1) is 8.11. The number of hydrogen-bond donors (Lipinski definition) is 0. The Hall–Kier alpha value is -0.900. The van der Waals surface area contributed by atoms with E-state index in [1.54, 1.807) is 18.3 Å². The number of Topliss-reactive ketones (excluding diaryl/α,β-unsaturated/α-hetero) is 1. The van der Waals surface area contributed by atoms with Gasteiger partial charge in [0, 0.05) is 20.0 Å². The smallest absolute Gasteiger partial charge is 0.186 e.